The molecule has 7 heteroatoms. The van der Waals surface area contributed by atoms with E-state index in [1.165, 1.54) is 18.3 Å². The highest BCUT2D eigenvalue weighted by Crippen LogP contribution is 2.12. The van der Waals surface area contributed by atoms with E-state index in [1.54, 1.807) is 0 Å². The number of carbonyl (C=O) groups is 2. The van der Waals surface area contributed by atoms with Crippen LogP contribution in [0.25, 0.3) is 0 Å². The predicted octanol–water partition coefficient (Wildman–Crippen LogP) is 1.89. The zero-order valence-electron chi connectivity index (χ0n) is 11.3. The Kier molecular flexibility index (Phi) is 5.29. The number of aryl methyl sites for hydroxylation is 1. The molecule has 0 spiro atoms. The molecule has 0 aliphatic heterocycles. The van der Waals surface area contributed by atoms with Crippen molar-refractivity contribution < 1.29 is 14.7 Å². The zero-order valence-corrected chi connectivity index (χ0v) is 12.1. The molecular weight excluding hydrogens is 266 g/mol. The summed E-state index contributed by atoms with van der Waals surface area (Å²) in [7, 11) is 0. The van der Waals surface area contributed by atoms with Crippen LogP contribution in [0.3, 0.4) is 0 Å². The van der Waals surface area contributed by atoms with Crippen LogP contribution in [-0.2, 0) is 11.3 Å². The third-order valence-electron chi connectivity index (χ3n) is 2.68. The van der Waals surface area contributed by atoms with Gasteiger partial charge in [0, 0.05) is 11.1 Å². The number of hydrogen-bond donors (Lipinski definition) is 3. The molecule has 0 fully saturated rings. The van der Waals surface area contributed by atoms with Crippen LogP contribution in [0.2, 0.25) is 0 Å². The highest BCUT2D eigenvalue weighted by molar-refractivity contribution is 7.09. The second-order valence-electron chi connectivity index (χ2n) is 4.58. The Morgan fingerprint density at radius 3 is 2.68 bits per heavy atom. The summed E-state index contributed by atoms with van der Waals surface area (Å²) in [4.78, 5) is 27.1. The first-order chi connectivity index (χ1) is 8.87. The fourth-order valence-corrected chi connectivity index (χ4v) is 2.37. The maximum Gasteiger partial charge on any atom is 0.329 e. The molecule has 3 N–H and O–H groups in total. The maximum atomic E-state index is 11.7. The standard InChI is InChI=1S/C12H19N3O3S/c1-4-5-12(3,10(16)17)15-11(18)13-6-9-14-8(2)7-19-9/h7H,4-6H2,1-3H3,(H,16,17)(H2,13,15,18). The molecule has 0 aliphatic carbocycles. The first kappa shape index (κ1) is 15.4. The molecule has 1 heterocycles. The fraction of sp³-hybridized carbons (Fsp3) is 0.583. The third-order valence-corrected chi connectivity index (χ3v) is 3.64. The molecular formula is C12H19N3O3S. The van der Waals surface area contributed by atoms with Gasteiger partial charge in [-0.05, 0) is 20.3 Å². The summed E-state index contributed by atoms with van der Waals surface area (Å²) in [5.41, 5.74) is -0.332. The molecule has 1 unspecified atom stereocenters. The van der Waals surface area contributed by atoms with Crippen LogP contribution in [0.4, 0.5) is 4.79 Å². The number of nitrogens with one attached hydrogen (secondary N) is 2. The molecule has 106 valence electrons. The summed E-state index contributed by atoms with van der Waals surface area (Å²) < 4.78 is 0. The van der Waals surface area contributed by atoms with Crippen LogP contribution in [0, 0.1) is 6.92 Å². The molecule has 0 bridgehead atoms. The summed E-state index contributed by atoms with van der Waals surface area (Å²) in [6.07, 6.45) is 1.06. The fourth-order valence-electron chi connectivity index (χ4n) is 1.66. The molecule has 0 aliphatic rings. The van der Waals surface area contributed by atoms with E-state index in [1.807, 2.05) is 19.2 Å². The lowest BCUT2D eigenvalue weighted by molar-refractivity contribution is -0.144. The first-order valence-corrected chi connectivity index (χ1v) is 6.95. The van der Waals surface area contributed by atoms with Crippen LogP contribution < -0.4 is 10.6 Å². The third kappa shape index (κ3) is 4.51. The molecule has 1 rings (SSSR count). The van der Waals surface area contributed by atoms with Gasteiger partial charge in [-0.2, -0.15) is 0 Å². The Morgan fingerprint density at radius 2 is 2.21 bits per heavy atom. The monoisotopic (exact) mass is 285 g/mol. The lowest BCUT2D eigenvalue weighted by atomic mass is 9.97. The number of carboxylic acid groups (broad SMARTS) is 1. The van der Waals surface area contributed by atoms with Crippen molar-refractivity contribution in [3.8, 4) is 0 Å². The van der Waals surface area contributed by atoms with Gasteiger partial charge in [0.2, 0.25) is 0 Å². The van der Waals surface area contributed by atoms with Crippen molar-refractivity contribution in [1.82, 2.24) is 15.6 Å². The zero-order chi connectivity index (χ0) is 14.5. The van der Waals surface area contributed by atoms with Crippen molar-refractivity contribution in [3.05, 3.63) is 16.1 Å². The second kappa shape index (κ2) is 6.51. The number of aliphatic carboxylic acids is 1. The predicted molar refractivity (Wildman–Crippen MR) is 73.2 cm³/mol. The Morgan fingerprint density at radius 1 is 1.53 bits per heavy atom. The van der Waals surface area contributed by atoms with Crippen molar-refractivity contribution >= 4 is 23.3 Å². The highest BCUT2D eigenvalue weighted by atomic mass is 32.1. The van der Waals surface area contributed by atoms with E-state index in [4.69, 9.17) is 5.11 Å². The van der Waals surface area contributed by atoms with Gasteiger partial charge in [-0.1, -0.05) is 13.3 Å². The van der Waals surface area contributed by atoms with E-state index in [0.29, 0.717) is 19.4 Å². The Hall–Kier alpha value is -1.63. The first-order valence-electron chi connectivity index (χ1n) is 6.08. The number of rotatable bonds is 6. The summed E-state index contributed by atoms with van der Waals surface area (Å²) in [5.74, 6) is -1.03. The van der Waals surface area contributed by atoms with E-state index in [-0.39, 0.29) is 0 Å². The lowest BCUT2D eigenvalue weighted by Gasteiger charge is -2.25. The van der Waals surface area contributed by atoms with E-state index >= 15 is 0 Å². The minimum absolute atomic E-state index is 0.298. The highest BCUT2D eigenvalue weighted by Gasteiger charge is 2.33. The van der Waals surface area contributed by atoms with Gasteiger partial charge in [-0.3, -0.25) is 0 Å². The lowest BCUT2D eigenvalue weighted by Crippen LogP contribution is -2.55. The van der Waals surface area contributed by atoms with E-state index in [9.17, 15) is 9.59 Å². The van der Waals surface area contributed by atoms with E-state index in [2.05, 4.69) is 15.6 Å². The Bertz CT molecular complexity index is 461. The second-order valence-corrected chi connectivity index (χ2v) is 5.52. The van der Waals surface area contributed by atoms with Gasteiger partial charge >= 0.3 is 12.0 Å². The van der Waals surface area contributed by atoms with Crippen molar-refractivity contribution in [3.63, 3.8) is 0 Å². The van der Waals surface area contributed by atoms with Crippen LogP contribution in [0.1, 0.15) is 37.4 Å². The average molecular weight is 285 g/mol. The topological polar surface area (TPSA) is 91.3 Å². The SMILES string of the molecule is CCCC(C)(NC(=O)NCc1nc(C)cs1)C(=O)O. The van der Waals surface area contributed by atoms with Gasteiger partial charge in [0.1, 0.15) is 10.5 Å². The van der Waals surface area contributed by atoms with E-state index in [0.717, 1.165) is 10.7 Å². The number of urea groups is 1. The molecule has 19 heavy (non-hydrogen) atoms. The van der Waals surface area contributed by atoms with Crippen molar-refractivity contribution in [2.24, 2.45) is 0 Å². The molecule has 6 nitrogen and oxygen atoms in total. The molecule has 0 aromatic carbocycles. The minimum atomic E-state index is -1.24. The van der Waals surface area contributed by atoms with Gasteiger partial charge in [0.05, 0.1) is 6.54 Å². The van der Waals surface area contributed by atoms with Crippen molar-refractivity contribution in [2.75, 3.05) is 0 Å². The summed E-state index contributed by atoms with van der Waals surface area (Å²) in [6.45, 7) is 5.56. The number of aromatic nitrogens is 1. The van der Waals surface area contributed by atoms with Gasteiger partial charge in [0.15, 0.2) is 0 Å². The molecule has 2 amide bonds. The average Bonchev–Trinajstić information content (AvgIpc) is 2.72. The van der Waals surface area contributed by atoms with Crippen molar-refractivity contribution in [1.29, 1.82) is 0 Å². The van der Waals surface area contributed by atoms with Gasteiger partial charge in [0.25, 0.3) is 0 Å². The summed E-state index contributed by atoms with van der Waals surface area (Å²) >= 11 is 1.46. The molecule has 0 radical (unpaired) electrons. The van der Waals surface area contributed by atoms with Crippen LogP contribution in [0.5, 0.6) is 0 Å². The van der Waals surface area contributed by atoms with Crippen LogP contribution >= 0.6 is 11.3 Å². The normalized spacial score (nSPS) is 13.6. The quantitative estimate of drug-likeness (QED) is 0.744. The number of nitrogens with zero attached hydrogens (tertiary/aromatic N) is 1. The van der Waals surface area contributed by atoms with Crippen molar-refractivity contribution in [2.45, 2.75) is 45.7 Å². The van der Waals surface area contributed by atoms with Gasteiger partial charge < -0.3 is 15.7 Å². The summed E-state index contributed by atoms with van der Waals surface area (Å²) in [6, 6.07) is -0.494. The number of carboxylic acids is 1. The molecule has 1 aromatic heterocycles. The minimum Gasteiger partial charge on any atom is -0.480 e. The summed E-state index contributed by atoms with van der Waals surface area (Å²) in [5, 5.41) is 17.0. The van der Waals surface area contributed by atoms with Gasteiger partial charge in [-0.25, -0.2) is 14.6 Å². The molecule has 1 atom stereocenters. The molecule has 0 saturated carbocycles. The van der Waals surface area contributed by atoms with E-state index < -0.39 is 17.5 Å². The number of amides is 2. The van der Waals surface area contributed by atoms with Gasteiger partial charge in [-0.15, -0.1) is 11.3 Å². The maximum absolute atomic E-state index is 11.7. The van der Waals surface area contributed by atoms with Crippen LogP contribution in [-0.4, -0.2) is 27.6 Å². The largest absolute Gasteiger partial charge is 0.480 e. The smallest absolute Gasteiger partial charge is 0.329 e. The number of hydrogen-bond acceptors (Lipinski definition) is 4. The van der Waals surface area contributed by atoms with Crippen LogP contribution in [0.15, 0.2) is 5.38 Å². The Labute approximate surface area is 116 Å². The molecule has 1 aromatic rings. The Balaban J connectivity index is 2.51. The number of thiazole rings is 1. The number of carbonyl (C=O) groups excluding carboxylic acids is 1. The molecule has 0 saturated heterocycles.